The summed E-state index contributed by atoms with van der Waals surface area (Å²) in [5.41, 5.74) is 1.28. The smallest absolute Gasteiger partial charge is 0.320 e. The Morgan fingerprint density at radius 3 is 2.50 bits per heavy atom. The van der Waals surface area contributed by atoms with Crippen molar-refractivity contribution in [3.8, 4) is 0 Å². The first-order valence-corrected chi connectivity index (χ1v) is 7.05. The van der Waals surface area contributed by atoms with Crippen molar-refractivity contribution in [2.24, 2.45) is 0 Å². The van der Waals surface area contributed by atoms with Crippen LogP contribution in [0.4, 0.5) is 0 Å². The van der Waals surface area contributed by atoms with Crippen molar-refractivity contribution in [3.63, 3.8) is 0 Å². The first kappa shape index (κ1) is 15.2. The van der Waals surface area contributed by atoms with Crippen molar-refractivity contribution < 1.29 is 9.90 Å². The molecule has 100 valence electrons. The highest BCUT2D eigenvalue weighted by Gasteiger charge is 2.15. The van der Waals surface area contributed by atoms with Gasteiger partial charge in [-0.25, -0.2) is 0 Å². The zero-order valence-corrected chi connectivity index (χ0v) is 12.4. The predicted molar refractivity (Wildman–Crippen MR) is 76.8 cm³/mol. The molecule has 1 unspecified atom stereocenters. The molecule has 0 radical (unpaired) electrons. The van der Waals surface area contributed by atoms with E-state index in [0.29, 0.717) is 0 Å². The fourth-order valence-electron chi connectivity index (χ4n) is 1.82. The van der Waals surface area contributed by atoms with Crippen LogP contribution in [0.3, 0.4) is 0 Å². The molecule has 0 spiro atoms. The maximum Gasteiger partial charge on any atom is 0.320 e. The summed E-state index contributed by atoms with van der Waals surface area (Å²) < 4.78 is 1.08. The Bertz CT molecular complexity index is 378. The lowest BCUT2D eigenvalue weighted by Crippen LogP contribution is -2.41. The van der Waals surface area contributed by atoms with Crippen molar-refractivity contribution >= 4 is 21.9 Å². The zero-order chi connectivity index (χ0) is 13.5. The van der Waals surface area contributed by atoms with Crippen molar-refractivity contribution in [2.45, 2.75) is 45.2 Å². The summed E-state index contributed by atoms with van der Waals surface area (Å²) >= 11 is 3.41. The number of aryl methyl sites for hydroxylation is 1. The van der Waals surface area contributed by atoms with Gasteiger partial charge in [-0.1, -0.05) is 35.0 Å². The van der Waals surface area contributed by atoms with Crippen LogP contribution in [0.2, 0.25) is 0 Å². The second-order valence-electron chi connectivity index (χ2n) is 4.50. The van der Waals surface area contributed by atoms with Crippen LogP contribution in [0.5, 0.6) is 0 Å². The molecular formula is C14H20BrNO2. The van der Waals surface area contributed by atoms with E-state index in [-0.39, 0.29) is 6.04 Å². The average Bonchev–Trinajstić information content (AvgIpc) is 2.35. The van der Waals surface area contributed by atoms with E-state index >= 15 is 0 Å². The van der Waals surface area contributed by atoms with Gasteiger partial charge in [-0.2, -0.15) is 0 Å². The van der Waals surface area contributed by atoms with E-state index < -0.39 is 12.0 Å². The van der Waals surface area contributed by atoms with Crippen LogP contribution in [0.15, 0.2) is 28.7 Å². The Morgan fingerprint density at radius 1 is 1.39 bits per heavy atom. The van der Waals surface area contributed by atoms with Gasteiger partial charge in [0.05, 0.1) is 0 Å². The van der Waals surface area contributed by atoms with E-state index in [0.717, 1.165) is 23.7 Å². The molecule has 1 aromatic rings. The molecule has 0 heterocycles. The van der Waals surface area contributed by atoms with Gasteiger partial charge in [0.25, 0.3) is 0 Å². The highest BCUT2D eigenvalue weighted by atomic mass is 79.9. The lowest BCUT2D eigenvalue weighted by Gasteiger charge is -2.19. The third kappa shape index (κ3) is 5.19. The van der Waals surface area contributed by atoms with Crippen LogP contribution in [0, 0.1) is 0 Å². The third-order valence-electron chi connectivity index (χ3n) is 3.04. The first-order chi connectivity index (χ1) is 8.52. The van der Waals surface area contributed by atoms with Gasteiger partial charge in [0, 0.05) is 10.5 Å². The monoisotopic (exact) mass is 313 g/mol. The average molecular weight is 314 g/mol. The number of aliphatic carboxylic acids is 1. The number of carboxylic acid groups (broad SMARTS) is 1. The molecule has 0 amide bonds. The maximum atomic E-state index is 10.8. The SMILES string of the molecule is CCC(CCc1ccc(Br)cc1)N[C@H](C)C(=O)O. The number of nitrogens with one attached hydrogen (secondary N) is 1. The Hall–Kier alpha value is -0.870. The predicted octanol–water partition coefficient (Wildman–Crippen LogP) is 3.22. The molecule has 2 N–H and O–H groups in total. The molecule has 0 aromatic heterocycles. The van der Waals surface area contributed by atoms with E-state index in [1.807, 2.05) is 12.1 Å². The fourth-order valence-corrected chi connectivity index (χ4v) is 2.09. The standard InChI is InChI=1S/C14H20BrNO2/c1-3-13(16-10(2)14(17)18)9-6-11-4-7-12(15)8-5-11/h4-5,7-8,10,13,16H,3,6,9H2,1-2H3,(H,17,18)/t10-,13?/m1/s1. The second-order valence-corrected chi connectivity index (χ2v) is 5.41. The van der Waals surface area contributed by atoms with Crippen molar-refractivity contribution in [2.75, 3.05) is 0 Å². The van der Waals surface area contributed by atoms with Gasteiger partial charge in [-0.15, -0.1) is 0 Å². The van der Waals surface area contributed by atoms with Crippen LogP contribution in [-0.4, -0.2) is 23.2 Å². The largest absolute Gasteiger partial charge is 0.480 e. The minimum Gasteiger partial charge on any atom is -0.480 e. The zero-order valence-electron chi connectivity index (χ0n) is 10.8. The molecule has 0 aliphatic carbocycles. The first-order valence-electron chi connectivity index (χ1n) is 6.26. The highest BCUT2D eigenvalue weighted by molar-refractivity contribution is 9.10. The highest BCUT2D eigenvalue weighted by Crippen LogP contribution is 2.13. The molecule has 18 heavy (non-hydrogen) atoms. The molecule has 0 aliphatic heterocycles. The van der Waals surface area contributed by atoms with Crippen LogP contribution < -0.4 is 5.32 Å². The van der Waals surface area contributed by atoms with E-state index in [2.05, 4.69) is 40.3 Å². The molecule has 0 bridgehead atoms. The number of hydrogen-bond donors (Lipinski definition) is 2. The van der Waals surface area contributed by atoms with E-state index in [1.54, 1.807) is 6.92 Å². The van der Waals surface area contributed by atoms with Gasteiger partial charge >= 0.3 is 5.97 Å². The van der Waals surface area contributed by atoms with Crippen LogP contribution in [-0.2, 0) is 11.2 Å². The molecular weight excluding hydrogens is 294 g/mol. The van der Waals surface area contributed by atoms with Gasteiger partial charge in [0.1, 0.15) is 6.04 Å². The van der Waals surface area contributed by atoms with Crippen molar-refractivity contribution in [3.05, 3.63) is 34.3 Å². The van der Waals surface area contributed by atoms with Gasteiger partial charge in [-0.3, -0.25) is 4.79 Å². The Labute approximate surface area is 117 Å². The van der Waals surface area contributed by atoms with E-state index in [9.17, 15) is 4.79 Å². The summed E-state index contributed by atoms with van der Waals surface area (Å²) in [5, 5.41) is 12.0. The summed E-state index contributed by atoms with van der Waals surface area (Å²) in [4.78, 5) is 10.8. The topological polar surface area (TPSA) is 49.3 Å². The summed E-state index contributed by atoms with van der Waals surface area (Å²) in [5.74, 6) is -0.794. The maximum absolute atomic E-state index is 10.8. The van der Waals surface area contributed by atoms with Crippen molar-refractivity contribution in [1.82, 2.24) is 5.32 Å². The number of hydrogen-bond acceptors (Lipinski definition) is 2. The molecule has 1 rings (SSSR count). The Morgan fingerprint density at radius 2 is 2.00 bits per heavy atom. The lowest BCUT2D eigenvalue weighted by atomic mass is 10.0. The molecule has 2 atom stereocenters. The quantitative estimate of drug-likeness (QED) is 0.812. The molecule has 0 saturated carbocycles. The molecule has 0 aliphatic rings. The van der Waals surface area contributed by atoms with Gasteiger partial charge < -0.3 is 10.4 Å². The summed E-state index contributed by atoms with van der Waals surface area (Å²) in [6.45, 7) is 3.76. The molecule has 0 saturated heterocycles. The molecule has 1 aromatic carbocycles. The lowest BCUT2D eigenvalue weighted by molar-refractivity contribution is -0.139. The van der Waals surface area contributed by atoms with Crippen LogP contribution in [0.1, 0.15) is 32.3 Å². The normalized spacial score (nSPS) is 14.2. The Balaban J connectivity index is 2.44. The van der Waals surface area contributed by atoms with Crippen LogP contribution in [0.25, 0.3) is 0 Å². The molecule has 4 heteroatoms. The number of benzene rings is 1. The minimum absolute atomic E-state index is 0.250. The fraction of sp³-hybridized carbons (Fsp3) is 0.500. The second kappa shape index (κ2) is 7.54. The van der Waals surface area contributed by atoms with E-state index in [1.165, 1.54) is 5.56 Å². The number of rotatable bonds is 7. The number of carbonyl (C=O) groups is 1. The third-order valence-corrected chi connectivity index (χ3v) is 3.57. The summed E-state index contributed by atoms with van der Waals surface area (Å²) in [7, 11) is 0. The van der Waals surface area contributed by atoms with Crippen LogP contribution >= 0.6 is 15.9 Å². The number of halogens is 1. The van der Waals surface area contributed by atoms with Gasteiger partial charge in [0.2, 0.25) is 0 Å². The summed E-state index contributed by atoms with van der Waals surface area (Å²) in [6, 6.07) is 8.02. The Kier molecular flexibility index (Phi) is 6.36. The number of carboxylic acids is 1. The summed E-state index contributed by atoms with van der Waals surface area (Å²) in [6.07, 6.45) is 2.86. The van der Waals surface area contributed by atoms with E-state index in [4.69, 9.17) is 5.11 Å². The van der Waals surface area contributed by atoms with Crippen molar-refractivity contribution in [1.29, 1.82) is 0 Å². The van der Waals surface area contributed by atoms with Gasteiger partial charge in [-0.05, 0) is 43.9 Å². The minimum atomic E-state index is -0.794. The molecule has 0 fully saturated rings. The van der Waals surface area contributed by atoms with Gasteiger partial charge in [0.15, 0.2) is 0 Å². The molecule has 3 nitrogen and oxygen atoms in total.